The number of aromatic nitrogens is 2. The average Bonchev–Trinajstić information content (AvgIpc) is 3.46. The number of carbonyl (C=O) groups excluding carboxylic acids is 3. The number of likely N-dealkylation sites (tertiary alicyclic amines) is 1. The summed E-state index contributed by atoms with van der Waals surface area (Å²) in [6, 6.07) is 5.87. The highest BCUT2D eigenvalue weighted by molar-refractivity contribution is 9.10. The van der Waals surface area contributed by atoms with Crippen molar-refractivity contribution in [3.8, 4) is 5.75 Å². The Morgan fingerprint density at radius 3 is 2.53 bits per heavy atom. The molecule has 4 rings (SSSR count). The van der Waals surface area contributed by atoms with Gasteiger partial charge in [-0.25, -0.2) is 14.4 Å². The van der Waals surface area contributed by atoms with Crippen LogP contribution in [-0.2, 0) is 14.4 Å². The van der Waals surface area contributed by atoms with Crippen molar-refractivity contribution in [3.05, 3.63) is 46.9 Å². The number of nitrogens with zero attached hydrogens (tertiary/aromatic N) is 3. The van der Waals surface area contributed by atoms with Crippen molar-refractivity contribution >= 4 is 61.7 Å². The molecule has 13 heteroatoms. The van der Waals surface area contributed by atoms with Crippen molar-refractivity contribution < 1.29 is 23.5 Å². The number of amides is 3. The van der Waals surface area contributed by atoms with E-state index in [1.807, 2.05) is 20.8 Å². The zero-order chi connectivity index (χ0) is 31.5. The van der Waals surface area contributed by atoms with Gasteiger partial charge in [0.25, 0.3) is 0 Å². The van der Waals surface area contributed by atoms with Crippen LogP contribution in [0, 0.1) is 11.2 Å². The number of nitrogens with one attached hydrogen (secondary N) is 4. The van der Waals surface area contributed by atoms with Gasteiger partial charge in [0.15, 0.2) is 0 Å². The number of methoxy groups -OCH3 is 1. The van der Waals surface area contributed by atoms with Gasteiger partial charge in [-0.3, -0.25) is 14.4 Å². The molecule has 1 aliphatic heterocycles. The first-order valence-electron chi connectivity index (χ1n) is 14.0. The zero-order valence-electron chi connectivity index (χ0n) is 25.0. The maximum absolute atomic E-state index is 14.6. The van der Waals surface area contributed by atoms with Crippen LogP contribution in [0.25, 0.3) is 10.9 Å². The molecule has 0 radical (unpaired) electrons. The van der Waals surface area contributed by atoms with Gasteiger partial charge in [0.1, 0.15) is 35.8 Å². The van der Waals surface area contributed by atoms with Crippen molar-refractivity contribution in [2.24, 2.45) is 5.41 Å². The molecular formula is C30H37BrFN7O4. The molecule has 1 aromatic heterocycles. The number of benzene rings is 2. The van der Waals surface area contributed by atoms with E-state index in [2.05, 4.69) is 47.2 Å². The predicted molar refractivity (Wildman–Crippen MR) is 167 cm³/mol. The van der Waals surface area contributed by atoms with E-state index in [1.165, 1.54) is 24.4 Å². The highest BCUT2D eigenvalue weighted by Gasteiger charge is 2.42. The van der Waals surface area contributed by atoms with Crippen LogP contribution >= 0.6 is 15.9 Å². The first-order chi connectivity index (χ1) is 20.3. The molecular weight excluding hydrogens is 621 g/mol. The van der Waals surface area contributed by atoms with Gasteiger partial charge in [0, 0.05) is 22.5 Å². The Labute approximate surface area is 258 Å². The standard InChI is InChI=1S/C30H37BrFN7O4/c1-16(33-5)27(40)38-25(30(2,3)4)29(42)39-11-7-8-23(39)28(41)37-22-13-18-21(14-24(22)43-6)34-15-35-26(18)36-20-10-9-17(31)12-19(20)32/h9-10,12-16,23,25,33H,7-8,11H2,1-6H3,(H,37,41)(H,38,40)(H,34,35,36)/t16-,23-,25+/m0/s1. The molecule has 2 heterocycles. The number of rotatable bonds is 9. The summed E-state index contributed by atoms with van der Waals surface area (Å²) in [6.45, 7) is 7.72. The molecule has 0 bridgehead atoms. The molecule has 1 aliphatic rings. The summed E-state index contributed by atoms with van der Waals surface area (Å²) in [4.78, 5) is 50.3. The van der Waals surface area contributed by atoms with Crippen molar-refractivity contribution in [1.29, 1.82) is 0 Å². The minimum absolute atomic E-state index is 0.217. The fraction of sp³-hybridized carbons (Fsp3) is 0.433. The monoisotopic (exact) mass is 657 g/mol. The van der Waals surface area contributed by atoms with Gasteiger partial charge in [-0.15, -0.1) is 0 Å². The van der Waals surface area contributed by atoms with Crippen molar-refractivity contribution in [2.45, 2.75) is 58.7 Å². The van der Waals surface area contributed by atoms with Crippen LogP contribution < -0.4 is 26.0 Å². The lowest BCUT2D eigenvalue weighted by Gasteiger charge is -2.36. The van der Waals surface area contributed by atoms with E-state index in [0.717, 1.165) is 0 Å². The Morgan fingerprint density at radius 2 is 1.88 bits per heavy atom. The molecule has 0 spiro atoms. The molecule has 0 aliphatic carbocycles. The number of hydrogen-bond acceptors (Lipinski definition) is 8. The second-order valence-corrected chi connectivity index (χ2v) is 12.5. The van der Waals surface area contributed by atoms with E-state index < -0.39 is 35.3 Å². The highest BCUT2D eigenvalue weighted by atomic mass is 79.9. The Morgan fingerprint density at radius 1 is 1.14 bits per heavy atom. The lowest BCUT2D eigenvalue weighted by Crippen LogP contribution is -2.59. The van der Waals surface area contributed by atoms with Crippen LogP contribution in [0.15, 0.2) is 41.1 Å². The molecule has 1 saturated heterocycles. The van der Waals surface area contributed by atoms with Gasteiger partial charge in [-0.2, -0.15) is 0 Å². The second-order valence-electron chi connectivity index (χ2n) is 11.5. The predicted octanol–water partition coefficient (Wildman–Crippen LogP) is 4.35. The molecule has 230 valence electrons. The number of likely N-dealkylation sites (N-methyl/N-ethyl adjacent to an activating group) is 1. The molecule has 3 atom stereocenters. The van der Waals surface area contributed by atoms with Gasteiger partial charge in [-0.1, -0.05) is 36.7 Å². The molecule has 3 aromatic rings. The number of hydrogen-bond donors (Lipinski definition) is 4. The third kappa shape index (κ3) is 7.21. The fourth-order valence-corrected chi connectivity index (χ4v) is 5.23. The first-order valence-corrected chi connectivity index (χ1v) is 14.8. The smallest absolute Gasteiger partial charge is 0.247 e. The van der Waals surface area contributed by atoms with Crippen LogP contribution in [0.2, 0.25) is 0 Å². The fourth-order valence-electron chi connectivity index (χ4n) is 4.90. The summed E-state index contributed by atoms with van der Waals surface area (Å²) in [5, 5.41) is 12.2. The van der Waals surface area contributed by atoms with Crippen molar-refractivity contribution in [3.63, 3.8) is 0 Å². The molecule has 2 aromatic carbocycles. The van der Waals surface area contributed by atoms with E-state index in [0.29, 0.717) is 52.0 Å². The first kappa shape index (κ1) is 32.1. The van der Waals surface area contributed by atoms with Crippen molar-refractivity contribution in [1.82, 2.24) is 25.5 Å². The number of fused-ring (bicyclic) bond motifs is 1. The summed E-state index contributed by atoms with van der Waals surface area (Å²) in [5.74, 6) is -0.787. The molecule has 11 nitrogen and oxygen atoms in total. The van der Waals surface area contributed by atoms with Gasteiger partial charge in [-0.05, 0) is 56.5 Å². The van der Waals surface area contributed by atoms with E-state index in [4.69, 9.17) is 4.74 Å². The molecule has 1 fully saturated rings. The highest BCUT2D eigenvalue weighted by Crippen LogP contribution is 2.35. The maximum atomic E-state index is 14.6. The van der Waals surface area contributed by atoms with Gasteiger partial charge >= 0.3 is 0 Å². The Bertz CT molecular complexity index is 1530. The minimum atomic E-state index is -0.829. The largest absolute Gasteiger partial charge is 0.494 e. The van der Waals surface area contributed by atoms with Gasteiger partial charge < -0.3 is 30.9 Å². The number of carbonyl (C=O) groups is 3. The molecule has 43 heavy (non-hydrogen) atoms. The molecule has 3 amide bonds. The normalized spacial score (nSPS) is 16.5. The second kappa shape index (κ2) is 13.2. The number of anilines is 3. The third-order valence-electron chi connectivity index (χ3n) is 7.46. The van der Waals surface area contributed by atoms with Crippen LogP contribution in [-0.4, -0.2) is 71.4 Å². The lowest BCUT2D eigenvalue weighted by atomic mass is 9.85. The topological polar surface area (TPSA) is 138 Å². The average molecular weight is 659 g/mol. The van der Waals surface area contributed by atoms with Crippen LogP contribution in [0.3, 0.4) is 0 Å². The Hall–Kier alpha value is -3.84. The summed E-state index contributed by atoms with van der Waals surface area (Å²) in [6.07, 6.45) is 2.45. The quantitative estimate of drug-likeness (QED) is 0.267. The summed E-state index contributed by atoms with van der Waals surface area (Å²) < 4.78 is 20.7. The van der Waals surface area contributed by atoms with Crippen molar-refractivity contribution in [2.75, 3.05) is 31.3 Å². The van der Waals surface area contributed by atoms with E-state index in [-0.39, 0.29) is 17.5 Å². The van der Waals surface area contributed by atoms with E-state index >= 15 is 0 Å². The minimum Gasteiger partial charge on any atom is -0.494 e. The zero-order valence-corrected chi connectivity index (χ0v) is 26.6. The summed E-state index contributed by atoms with van der Waals surface area (Å²) in [5.41, 5.74) is 0.483. The summed E-state index contributed by atoms with van der Waals surface area (Å²) >= 11 is 3.25. The summed E-state index contributed by atoms with van der Waals surface area (Å²) in [7, 11) is 3.15. The van der Waals surface area contributed by atoms with Gasteiger partial charge in [0.2, 0.25) is 17.7 Å². The van der Waals surface area contributed by atoms with E-state index in [1.54, 1.807) is 38.2 Å². The Kier molecular flexibility index (Phi) is 9.86. The number of ether oxygens (including phenoxy) is 1. The third-order valence-corrected chi connectivity index (χ3v) is 7.96. The molecule has 4 N–H and O–H groups in total. The van der Waals surface area contributed by atoms with Crippen LogP contribution in [0.1, 0.15) is 40.5 Å². The van der Waals surface area contributed by atoms with Gasteiger partial charge in [0.05, 0.1) is 30.0 Å². The molecule has 0 saturated carbocycles. The van der Waals surface area contributed by atoms with Crippen LogP contribution in [0.4, 0.5) is 21.6 Å². The Balaban J connectivity index is 1.61. The maximum Gasteiger partial charge on any atom is 0.247 e. The molecule has 0 unspecified atom stereocenters. The SMILES string of the molecule is CN[C@@H](C)C(=O)N[C@H](C(=O)N1CCC[C@H]1C(=O)Nc1cc2c(Nc3ccc(Br)cc3F)ncnc2cc1OC)C(C)(C)C. The van der Waals surface area contributed by atoms with Crippen LogP contribution in [0.5, 0.6) is 5.75 Å². The number of halogens is 2. The lowest BCUT2D eigenvalue weighted by molar-refractivity contribution is -0.143. The van der Waals surface area contributed by atoms with E-state index in [9.17, 15) is 18.8 Å².